The van der Waals surface area contributed by atoms with Gasteiger partial charge < -0.3 is 9.52 Å². The summed E-state index contributed by atoms with van der Waals surface area (Å²) in [7, 11) is 0. The molecule has 0 radical (unpaired) electrons. The minimum atomic E-state index is -0.934. The quantitative estimate of drug-likeness (QED) is 0.853. The Hall–Kier alpha value is -1.29. The van der Waals surface area contributed by atoms with E-state index in [1.807, 2.05) is 0 Å². The minimum Gasteiger partial charge on any atom is -0.478 e. The van der Waals surface area contributed by atoms with Gasteiger partial charge in [-0.05, 0) is 24.4 Å². The molecule has 0 saturated carbocycles. The first-order valence-corrected chi connectivity index (χ1v) is 5.49. The van der Waals surface area contributed by atoms with Gasteiger partial charge in [0, 0.05) is 6.54 Å². The van der Waals surface area contributed by atoms with Crippen molar-refractivity contribution in [1.29, 1.82) is 0 Å². The van der Waals surface area contributed by atoms with E-state index >= 15 is 0 Å². The van der Waals surface area contributed by atoms with Gasteiger partial charge in [-0.3, -0.25) is 4.90 Å². The van der Waals surface area contributed by atoms with Crippen LogP contribution in [0, 0.1) is 5.41 Å². The van der Waals surface area contributed by atoms with Gasteiger partial charge in [0.1, 0.15) is 12.0 Å². The molecule has 16 heavy (non-hydrogen) atoms. The van der Waals surface area contributed by atoms with Crippen LogP contribution < -0.4 is 0 Å². The second-order valence-corrected chi connectivity index (χ2v) is 5.23. The Morgan fingerprint density at radius 3 is 2.88 bits per heavy atom. The zero-order valence-corrected chi connectivity index (χ0v) is 9.69. The molecular formula is C12H17NO3. The highest BCUT2D eigenvalue weighted by Crippen LogP contribution is 2.29. The summed E-state index contributed by atoms with van der Waals surface area (Å²) in [6.07, 6.45) is 2.48. The third-order valence-corrected chi connectivity index (χ3v) is 3.04. The van der Waals surface area contributed by atoms with E-state index in [2.05, 4.69) is 18.7 Å². The molecule has 1 saturated heterocycles. The Bertz CT molecular complexity index is 395. The van der Waals surface area contributed by atoms with Crippen LogP contribution >= 0.6 is 0 Å². The van der Waals surface area contributed by atoms with E-state index < -0.39 is 5.97 Å². The fourth-order valence-electron chi connectivity index (χ4n) is 2.16. The lowest BCUT2D eigenvalue weighted by Crippen LogP contribution is -2.22. The van der Waals surface area contributed by atoms with Crippen molar-refractivity contribution in [3.63, 3.8) is 0 Å². The Morgan fingerprint density at radius 2 is 2.38 bits per heavy atom. The Morgan fingerprint density at radius 1 is 1.62 bits per heavy atom. The standard InChI is InChI=1S/C12H17NO3/c1-12(2)3-4-13(8-12)6-10-5-9(7-16-10)11(14)15/h5,7H,3-4,6,8H2,1-2H3,(H,14,15). The van der Waals surface area contributed by atoms with Gasteiger partial charge in [-0.15, -0.1) is 0 Å². The van der Waals surface area contributed by atoms with Gasteiger partial charge in [-0.1, -0.05) is 13.8 Å². The van der Waals surface area contributed by atoms with Crippen LogP contribution in [0.15, 0.2) is 16.7 Å². The van der Waals surface area contributed by atoms with Gasteiger partial charge in [-0.2, -0.15) is 0 Å². The van der Waals surface area contributed by atoms with Gasteiger partial charge >= 0.3 is 5.97 Å². The first-order valence-electron chi connectivity index (χ1n) is 5.49. The Balaban J connectivity index is 1.97. The number of rotatable bonds is 3. The summed E-state index contributed by atoms with van der Waals surface area (Å²) in [5.41, 5.74) is 0.593. The SMILES string of the molecule is CC1(C)CCN(Cc2cc(C(=O)O)co2)C1. The molecule has 0 aromatic carbocycles. The number of hydrogen-bond donors (Lipinski definition) is 1. The Labute approximate surface area is 94.9 Å². The highest BCUT2D eigenvalue weighted by molar-refractivity contribution is 5.87. The molecule has 1 aliphatic rings. The number of carbonyl (C=O) groups is 1. The zero-order chi connectivity index (χ0) is 11.8. The van der Waals surface area contributed by atoms with Crippen molar-refractivity contribution >= 4 is 5.97 Å². The van der Waals surface area contributed by atoms with Crippen molar-refractivity contribution in [3.8, 4) is 0 Å². The second-order valence-electron chi connectivity index (χ2n) is 5.23. The highest BCUT2D eigenvalue weighted by atomic mass is 16.4. The summed E-state index contributed by atoms with van der Waals surface area (Å²) in [5, 5.41) is 8.77. The maximum Gasteiger partial charge on any atom is 0.338 e. The van der Waals surface area contributed by atoms with Crippen molar-refractivity contribution in [3.05, 3.63) is 23.7 Å². The molecule has 1 aromatic heterocycles. The first kappa shape index (κ1) is 11.2. The minimum absolute atomic E-state index is 0.230. The number of furan rings is 1. The fraction of sp³-hybridized carbons (Fsp3) is 0.583. The molecule has 1 fully saturated rings. The van der Waals surface area contributed by atoms with Crippen LogP contribution in [0.5, 0.6) is 0 Å². The zero-order valence-electron chi connectivity index (χ0n) is 9.69. The molecule has 4 nitrogen and oxygen atoms in total. The number of aromatic carboxylic acids is 1. The number of carboxylic acid groups (broad SMARTS) is 1. The molecule has 0 spiro atoms. The monoisotopic (exact) mass is 223 g/mol. The average molecular weight is 223 g/mol. The molecule has 0 unspecified atom stereocenters. The van der Waals surface area contributed by atoms with Crippen LogP contribution in [0.3, 0.4) is 0 Å². The van der Waals surface area contributed by atoms with Crippen LogP contribution in [0.1, 0.15) is 36.4 Å². The molecule has 4 heteroatoms. The van der Waals surface area contributed by atoms with E-state index in [0.717, 1.165) is 18.8 Å². The van der Waals surface area contributed by atoms with Crippen molar-refractivity contribution in [2.24, 2.45) is 5.41 Å². The third-order valence-electron chi connectivity index (χ3n) is 3.04. The Kier molecular flexibility index (Phi) is 2.76. The first-order chi connectivity index (χ1) is 7.46. The van der Waals surface area contributed by atoms with Crippen LogP contribution in [0.25, 0.3) is 0 Å². The van der Waals surface area contributed by atoms with Crippen LogP contribution in [-0.2, 0) is 6.54 Å². The third kappa shape index (κ3) is 2.44. The van der Waals surface area contributed by atoms with Crippen molar-refractivity contribution < 1.29 is 14.3 Å². The molecule has 88 valence electrons. The normalized spacial score (nSPS) is 20.1. The summed E-state index contributed by atoms with van der Waals surface area (Å²) < 4.78 is 5.23. The molecule has 2 heterocycles. The molecule has 1 N–H and O–H groups in total. The van der Waals surface area contributed by atoms with Gasteiger partial charge in [0.25, 0.3) is 0 Å². The van der Waals surface area contributed by atoms with Gasteiger partial charge in [-0.25, -0.2) is 4.79 Å². The predicted octanol–water partition coefficient (Wildman–Crippen LogP) is 2.21. The lowest BCUT2D eigenvalue weighted by molar-refractivity contribution is 0.0696. The second kappa shape index (κ2) is 3.94. The van der Waals surface area contributed by atoms with E-state index in [4.69, 9.17) is 9.52 Å². The summed E-state index contributed by atoms with van der Waals surface area (Å²) in [5.74, 6) is -0.202. The molecule has 1 aliphatic heterocycles. The molecular weight excluding hydrogens is 206 g/mol. The van der Waals surface area contributed by atoms with Crippen LogP contribution in [-0.4, -0.2) is 29.1 Å². The van der Waals surface area contributed by atoms with Crippen molar-refractivity contribution in [2.75, 3.05) is 13.1 Å². The van der Waals surface area contributed by atoms with Gasteiger partial charge in [0.2, 0.25) is 0 Å². The summed E-state index contributed by atoms with van der Waals surface area (Å²) >= 11 is 0. The van der Waals surface area contributed by atoms with E-state index in [-0.39, 0.29) is 5.56 Å². The molecule has 0 atom stereocenters. The molecule has 0 bridgehead atoms. The molecule has 1 aromatic rings. The lowest BCUT2D eigenvalue weighted by atomic mass is 9.93. The van der Waals surface area contributed by atoms with Crippen molar-refractivity contribution in [2.45, 2.75) is 26.8 Å². The van der Waals surface area contributed by atoms with E-state index in [1.54, 1.807) is 6.07 Å². The molecule has 0 amide bonds. The fourth-order valence-corrected chi connectivity index (χ4v) is 2.16. The summed E-state index contributed by atoms with van der Waals surface area (Å²) in [4.78, 5) is 13.0. The lowest BCUT2D eigenvalue weighted by Gasteiger charge is -2.18. The number of carboxylic acids is 1. The average Bonchev–Trinajstić information content (AvgIpc) is 2.73. The van der Waals surface area contributed by atoms with Gasteiger partial charge in [0.15, 0.2) is 0 Å². The van der Waals surface area contributed by atoms with Crippen LogP contribution in [0.2, 0.25) is 0 Å². The smallest absolute Gasteiger partial charge is 0.338 e. The highest BCUT2D eigenvalue weighted by Gasteiger charge is 2.29. The number of nitrogens with zero attached hydrogens (tertiary/aromatic N) is 1. The molecule has 2 rings (SSSR count). The topological polar surface area (TPSA) is 53.7 Å². The van der Waals surface area contributed by atoms with E-state index in [1.165, 1.54) is 12.7 Å². The van der Waals surface area contributed by atoms with E-state index in [9.17, 15) is 4.79 Å². The number of likely N-dealkylation sites (tertiary alicyclic amines) is 1. The maximum atomic E-state index is 10.7. The largest absolute Gasteiger partial charge is 0.478 e. The molecule has 0 aliphatic carbocycles. The summed E-state index contributed by atoms with van der Waals surface area (Å²) in [6.45, 7) is 7.29. The van der Waals surface area contributed by atoms with Gasteiger partial charge in [0.05, 0.1) is 12.1 Å². The predicted molar refractivity (Wildman–Crippen MR) is 59.3 cm³/mol. The summed E-state index contributed by atoms with van der Waals surface area (Å²) in [6, 6.07) is 1.60. The van der Waals surface area contributed by atoms with Crippen molar-refractivity contribution in [1.82, 2.24) is 4.90 Å². The van der Waals surface area contributed by atoms with Crippen LogP contribution in [0.4, 0.5) is 0 Å². The maximum absolute atomic E-state index is 10.7. The van der Waals surface area contributed by atoms with E-state index in [0.29, 0.717) is 12.0 Å². The number of hydrogen-bond acceptors (Lipinski definition) is 3.